The van der Waals surface area contributed by atoms with Gasteiger partial charge in [0.25, 0.3) is 0 Å². The number of fused-ring (bicyclic) bond motifs is 1. The fourth-order valence-corrected chi connectivity index (χ4v) is 7.31. The quantitative estimate of drug-likeness (QED) is 0.823. The Morgan fingerprint density at radius 1 is 1.29 bits per heavy atom. The monoisotopic (exact) mass is 366 g/mol. The second kappa shape index (κ2) is 6.52. The van der Waals surface area contributed by atoms with E-state index in [0.717, 1.165) is 23.2 Å². The zero-order valence-corrected chi connectivity index (χ0v) is 15.8. The lowest BCUT2D eigenvalue weighted by Crippen LogP contribution is -2.38. The molecule has 3 rings (SSSR count). The summed E-state index contributed by atoms with van der Waals surface area (Å²) in [6.45, 7) is 5.97. The third-order valence-electron chi connectivity index (χ3n) is 4.43. The van der Waals surface area contributed by atoms with E-state index in [-0.39, 0.29) is 28.7 Å². The topological polar surface area (TPSA) is 66.8 Å². The van der Waals surface area contributed by atoms with Gasteiger partial charge in [-0.1, -0.05) is 36.9 Å². The van der Waals surface area contributed by atoms with Crippen molar-refractivity contribution in [2.75, 3.05) is 16.4 Å². The minimum Gasteiger partial charge on any atom is -0.315 e. The number of nitrogens with zero attached hydrogens (tertiary/aromatic N) is 2. The molecule has 0 bridgehead atoms. The highest BCUT2D eigenvalue weighted by Crippen LogP contribution is 2.43. The second-order valence-electron chi connectivity index (χ2n) is 6.45. The smallest absolute Gasteiger partial charge is 0.248 e. The van der Waals surface area contributed by atoms with Crippen LogP contribution in [0.4, 0.5) is 5.69 Å². The Balaban J connectivity index is 2.07. The molecule has 2 saturated heterocycles. The van der Waals surface area contributed by atoms with Gasteiger partial charge in [0.05, 0.1) is 17.5 Å². The summed E-state index contributed by atoms with van der Waals surface area (Å²) in [7, 11) is -3.04. The SMILES string of the molecule is CCCC(=O)N=C1S[C@@H]2CS(=O)(=O)C[C@@H]2N1c1c(C)cccc1C. The molecule has 1 aromatic rings. The van der Waals surface area contributed by atoms with Crippen molar-refractivity contribution in [1.29, 1.82) is 0 Å². The van der Waals surface area contributed by atoms with Gasteiger partial charge in [0.2, 0.25) is 5.91 Å². The largest absolute Gasteiger partial charge is 0.315 e. The Morgan fingerprint density at radius 2 is 1.96 bits per heavy atom. The van der Waals surface area contributed by atoms with Gasteiger partial charge in [0.15, 0.2) is 15.0 Å². The number of amides is 1. The highest BCUT2D eigenvalue weighted by Gasteiger charge is 2.49. The molecule has 7 heteroatoms. The molecule has 0 aromatic heterocycles. The molecule has 0 spiro atoms. The van der Waals surface area contributed by atoms with Crippen LogP contribution in [0.15, 0.2) is 23.2 Å². The Bertz CT molecular complexity index is 782. The number of thioether (sulfide) groups is 1. The molecule has 2 heterocycles. The van der Waals surface area contributed by atoms with Gasteiger partial charge < -0.3 is 4.90 Å². The molecule has 0 N–H and O–H groups in total. The van der Waals surface area contributed by atoms with Crippen molar-refractivity contribution in [2.45, 2.75) is 44.9 Å². The average Bonchev–Trinajstić information content (AvgIpc) is 2.92. The van der Waals surface area contributed by atoms with Crippen molar-refractivity contribution >= 4 is 38.4 Å². The lowest BCUT2D eigenvalue weighted by molar-refractivity contribution is -0.117. The number of para-hydroxylation sites is 1. The highest BCUT2D eigenvalue weighted by molar-refractivity contribution is 8.16. The van der Waals surface area contributed by atoms with Crippen LogP contribution in [0.5, 0.6) is 0 Å². The predicted molar refractivity (Wildman–Crippen MR) is 99.6 cm³/mol. The number of aliphatic imine (C=N–C) groups is 1. The van der Waals surface area contributed by atoms with Crippen molar-refractivity contribution in [3.05, 3.63) is 29.3 Å². The van der Waals surface area contributed by atoms with Gasteiger partial charge in [-0.2, -0.15) is 4.99 Å². The molecule has 1 amide bonds. The Morgan fingerprint density at radius 3 is 2.58 bits per heavy atom. The third-order valence-corrected chi connectivity index (χ3v) is 7.64. The summed E-state index contributed by atoms with van der Waals surface area (Å²) in [5.41, 5.74) is 3.12. The van der Waals surface area contributed by atoms with Gasteiger partial charge in [0, 0.05) is 17.4 Å². The summed E-state index contributed by atoms with van der Waals surface area (Å²) in [5.74, 6) is 0.142. The molecule has 130 valence electrons. The predicted octanol–water partition coefficient (Wildman–Crippen LogP) is 2.70. The molecular formula is C17H22N2O3S2. The first kappa shape index (κ1) is 17.5. The normalized spacial score (nSPS) is 26.8. The van der Waals surface area contributed by atoms with Crippen molar-refractivity contribution < 1.29 is 13.2 Å². The van der Waals surface area contributed by atoms with E-state index in [4.69, 9.17) is 0 Å². The second-order valence-corrected chi connectivity index (χ2v) is 9.81. The standard InChI is InChI=1S/C17H22N2O3S2/c1-4-6-15(20)18-17-19(16-11(2)7-5-8-12(16)3)13-9-24(21,22)10-14(13)23-17/h5,7-8,13-14H,4,6,9-10H2,1-3H3/t13-,14+/m0/s1. The van der Waals surface area contributed by atoms with Gasteiger partial charge >= 0.3 is 0 Å². The van der Waals surface area contributed by atoms with E-state index >= 15 is 0 Å². The summed E-state index contributed by atoms with van der Waals surface area (Å²) < 4.78 is 24.2. The van der Waals surface area contributed by atoms with Crippen LogP contribution in [0.2, 0.25) is 0 Å². The maximum atomic E-state index is 12.1. The molecule has 0 saturated carbocycles. The molecule has 5 nitrogen and oxygen atoms in total. The first-order valence-electron chi connectivity index (χ1n) is 8.16. The number of benzene rings is 1. The van der Waals surface area contributed by atoms with E-state index in [1.807, 2.05) is 43.9 Å². The molecule has 0 aliphatic carbocycles. The van der Waals surface area contributed by atoms with E-state index < -0.39 is 9.84 Å². The van der Waals surface area contributed by atoms with Crippen molar-refractivity contribution in [2.24, 2.45) is 4.99 Å². The molecule has 2 fully saturated rings. The van der Waals surface area contributed by atoms with Gasteiger partial charge in [0.1, 0.15) is 0 Å². The van der Waals surface area contributed by atoms with E-state index in [0.29, 0.717) is 11.6 Å². The first-order chi connectivity index (χ1) is 11.3. The summed E-state index contributed by atoms with van der Waals surface area (Å²) in [6.07, 6.45) is 1.17. The number of aryl methyl sites for hydroxylation is 2. The Kier molecular flexibility index (Phi) is 4.75. The number of sulfone groups is 1. The molecule has 0 radical (unpaired) electrons. The number of hydrogen-bond donors (Lipinski definition) is 0. The van der Waals surface area contributed by atoms with Gasteiger partial charge in [-0.25, -0.2) is 8.42 Å². The minimum absolute atomic E-state index is 0.0535. The van der Waals surface area contributed by atoms with Crippen LogP contribution in [0.3, 0.4) is 0 Å². The average molecular weight is 367 g/mol. The summed E-state index contributed by atoms with van der Waals surface area (Å²) in [4.78, 5) is 18.4. The number of amidine groups is 1. The fraction of sp³-hybridized carbons (Fsp3) is 0.529. The van der Waals surface area contributed by atoms with Crippen molar-refractivity contribution in [1.82, 2.24) is 0 Å². The van der Waals surface area contributed by atoms with E-state index in [1.165, 1.54) is 11.8 Å². The van der Waals surface area contributed by atoms with Crippen LogP contribution in [-0.2, 0) is 14.6 Å². The number of anilines is 1. The lowest BCUT2D eigenvalue weighted by atomic mass is 10.1. The van der Waals surface area contributed by atoms with Crippen molar-refractivity contribution in [3.8, 4) is 0 Å². The van der Waals surface area contributed by atoms with Gasteiger partial charge in [-0.05, 0) is 31.4 Å². The van der Waals surface area contributed by atoms with Crippen LogP contribution in [0.25, 0.3) is 0 Å². The molecule has 2 aliphatic rings. The van der Waals surface area contributed by atoms with Crippen molar-refractivity contribution in [3.63, 3.8) is 0 Å². The first-order valence-corrected chi connectivity index (χ1v) is 10.9. The van der Waals surface area contributed by atoms with Crippen LogP contribution < -0.4 is 4.90 Å². The molecule has 2 aliphatic heterocycles. The van der Waals surface area contributed by atoms with Crippen LogP contribution in [-0.4, -0.2) is 42.3 Å². The molecular weight excluding hydrogens is 344 g/mol. The molecule has 2 atom stereocenters. The molecule has 24 heavy (non-hydrogen) atoms. The van der Waals surface area contributed by atoms with Crippen LogP contribution in [0.1, 0.15) is 30.9 Å². The van der Waals surface area contributed by atoms with Gasteiger partial charge in [-0.3, -0.25) is 4.79 Å². The van der Waals surface area contributed by atoms with Crippen LogP contribution >= 0.6 is 11.8 Å². The minimum atomic E-state index is -3.04. The number of carbonyl (C=O) groups excluding carboxylic acids is 1. The lowest BCUT2D eigenvalue weighted by Gasteiger charge is -2.27. The van der Waals surface area contributed by atoms with Gasteiger partial charge in [-0.15, -0.1) is 0 Å². The molecule has 1 aromatic carbocycles. The van der Waals surface area contributed by atoms with E-state index in [1.54, 1.807) is 0 Å². The summed E-state index contributed by atoms with van der Waals surface area (Å²) in [6, 6.07) is 5.86. The van der Waals surface area contributed by atoms with Crippen LogP contribution in [0, 0.1) is 13.8 Å². The Hall–Kier alpha value is -1.34. The third kappa shape index (κ3) is 3.24. The number of rotatable bonds is 3. The number of hydrogen-bond acceptors (Lipinski definition) is 4. The summed E-state index contributed by atoms with van der Waals surface area (Å²) in [5, 5.41) is 0.595. The maximum Gasteiger partial charge on any atom is 0.248 e. The summed E-state index contributed by atoms with van der Waals surface area (Å²) >= 11 is 1.43. The fourth-order valence-electron chi connectivity index (χ4n) is 3.39. The zero-order chi connectivity index (χ0) is 17.5. The molecule has 0 unspecified atom stereocenters. The number of carbonyl (C=O) groups is 1. The zero-order valence-electron chi connectivity index (χ0n) is 14.2. The van der Waals surface area contributed by atoms with E-state index in [2.05, 4.69) is 4.99 Å². The Labute approximate surface area is 147 Å². The van der Waals surface area contributed by atoms with E-state index in [9.17, 15) is 13.2 Å². The maximum absolute atomic E-state index is 12.1. The highest BCUT2D eigenvalue weighted by atomic mass is 32.2.